The Morgan fingerprint density at radius 3 is 2.62 bits per heavy atom. The number of benzene rings is 1. The Balaban J connectivity index is 1.42. The number of ether oxygens (including phenoxy) is 1. The highest BCUT2D eigenvalue weighted by Gasteiger charge is 2.40. The van der Waals surface area contributed by atoms with Gasteiger partial charge in [-0.1, -0.05) is 12.8 Å². The topological polar surface area (TPSA) is 75.7 Å². The predicted molar refractivity (Wildman–Crippen MR) is 111 cm³/mol. The molecule has 1 aliphatic heterocycles. The van der Waals surface area contributed by atoms with Gasteiger partial charge in [-0.05, 0) is 74.1 Å². The number of sulfonamides is 1. The lowest BCUT2D eigenvalue weighted by molar-refractivity contribution is -0.122. The number of methoxy groups -OCH3 is 1. The van der Waals surface area contributed by atoms with E-state index in [9.17, 15) is 13.2 Å². The first-order valence-corrected chi connectivity index (χ1v) is 12.4. The SMILES string of the molecule is COc1ccc(S(=O)(=O)N2CCCCC2)cc1CCC(=O)N[C@H]1C[C@H]2CC[C@H]1C2. The zero-order valence-corrected chi connectivity index (χ0v) is 18.0. The van der Waals surface area contributed by atoms with E-state index in [4.69, 9.17) is 4.74 Å². The summed E-state index contributed by atoms with van der Waals surface area (Å²) < 4.78 is 33.0. The van der Waals surface area contributed by atoms with E-state index in [0.717, 1.165) is 37.2 Å². The summed E-state index contributed by atoms with van der Waals surface area (Å²) in [5, 5.41) is 3.21. The zero-order valence-electron chi connectivity index (χ0n) is 17.2. The first-order valence-electron chi connectivity index (χ1n) is 10.9. The van der Waals surface area contributed by atoms with Crippen LogP contribution in [0.2, 0.25) is 0 Å². The molecule has 1 aromatic carbocycles. The zero-order chi connectivity index (χ0) is 20.4. The van der Waals surface area contributed by atoms with Crippen LogP contribution in [0.5, 0.6) is 5.75 Å². The van der Waals surface area contributed by atoms with E-state index in [0.29, 0.717) is 48.5 Å². The maximum Gasteiger partial charge on any atom is 0.243 e. The maximum atomic E-state index is 13.0. The molecule has 1 amide bonds. The quantitative estimate of drug-likeness (QED) is 0.735. The molecule has 0 aromatic heterocycles. The van der Waals surface area contributed by atoms with Gasteiger partial charge in [-0.3, -0.25) is 4.79 Å². The lowest BCUT2D eigenvalue weighted by Gasteiger charge is -2.26. The van der Waals surface area contributed by atoms with E-state index in [1.807, 2.05) is 0 Å². The summed E-state index contributed by atoms with van der Waals surface area (Å²) >= 11 is 0. The van der Waals surface area contributed by atoms with Crippen molar-refractivity contribution >= 4 is 15.9 Å². The summed E-state index contributed by atoms with van der Waals surface area (Å²) in [7, 11) is -1.92. The summed E-state index contributed by atoms with van der Waals surface area (Å²) in [5.74, 6) is 2.13. The van der Waals surface area contributed by atoms with Gasteiger partial charge in [0.2, 0.25) is 15.9 Å². The van der Waals surface area contributed by atoms with Crippen molar-refractivity contribution in [3.05, 3.63) is 23.8 Å². The van der Waals surface area contributed by atoms with E-state index in [2.05, 4.69) is 5.32 Å². The number of carbonyl (C=O) groups is 1. The van der Waals surface area contributed by atoms with Gasteiger partial charge in [0.15, 0.2) is 0 Å². The number of rotatable bonds is 7. The minimum atomic E-state index is -3.50. The fourth-order valence-electron chi connectivity index (χ4n) is 5.31. The number of hydrogen-bond acceptors (Lipinski definition) is 4. The summed E-state index contributed by atoms with van der Waals surface area (Å²) in [4.78, 5) is 12.8. The van der Waals surface area contributed by atoms with E-state index in [1.165, 1.54) is 19.3 Å². The summed E-state index contributed by atoms with van der Waals surface area (Å²) in [6.07, 6.45) is 8.63. The highest BCUT2D eigenvalue weighted by molar-refractivity contribution is 7.89. The Labute approximate surface area is 174 Å². The van der Waals surface area contributed by atoms with E-state index >= 15 is 0 Å². The first kappa shape index (κ1) is 20.7. The molecule has 0 radical (unpaired) electrons. The van der Waals surface area contributed by atoms with Crippen LogP contribution in [-0.2, 0) is 21.2 Å². The van der Waals surface area contributed by atoms with Gasteiger partial charge in [0.05, 0.1) is 12.0 Å². The number of amides is 1. The smallest absolute Gasteiger partial charge is 0.243 e. The van der Waals surface area contributed by atoms with Crippen molar-refractivity contribution in [1.82, 2.24) is 9.62 Å². The van der Waals surface area contributed by atoms with Crippen molar-refractivity contribution in [2.24, 2.45) is 11.8 Å². The third kappa shape index (κ3) is 4.45. The summed E-state index contributed by atoms with van der Waals surface area (Å²) in [6, 6.07) is 5.34. The van der Waals surface area contributed by atoms with Crippen LogP contribution in [0.3, 0.4) is 0 Å². The van der Waals surface area contributed by atoms with Crippen LogP contribution in [0.4, 0.5) is 0 Å². The molecule has 3 atom stereocenters. The molecule has 3 aliphatic rings. The molecule has 1 heterocycles. The molecule has 160 valence electrons. The van der Waals surface area contributed by atoms with Crippen LogP contribution in [0.25, 0.3) is 0 Å². The van der Waals surface area contributed by atoms with Gasteiger partial charge in [-0.2, -0.15) is 4.31 Å². The average molecular weight is 421 g/mol. The van der Waals surface area contributed by atoms with E-state index in [1.54, 1.807) is 29.6 Å². The van der Waals surface area contributed by atoms with Crippen LogP contribution in [0.15, 0.2) is 23.1 Å². The highest BCUT2D eigenvalue weighted by Crippen LogP contribution is 2.44. The van der Waals surface area contributed by atoms with Crippen molar-refractivity contribution in [2.75, 3.05) is 20.2 Å². The molecule has 6 nitrogen and oxygen atoms in total. The molecule has 3 fully saturated rings. The molecule has 7 heteroatoms. The Morgan fingerprint density at radius 2 is 1.97 bits per heavy atom. The molecule has 2 saturated carbocycles. The molecule has 2 aliphatic carbocycles. The molecule has 1 aromatic rings. The monoisotopic (exact) mass is 420 g/mol. The third-order valence-electron chi connectivity index (χ3n) is 6.91. The molecule has 1 N–H and O–H groups in total. The Bertz CT molecular complexity index is 848. The number of carbonyl (C=O) groups excluding carboxylic acids is 1. The molecule has 4 rings (SSSR count). The summed E-state index contributed by atoms with van der Waals surface area (Å²) in [6.45, 7) is 1.16. The molecule has 29 heavy (non-hydrogen) atoms. The Morgan fingerprint density at radius 1 is 1.17 bits per heavy atom. The number of aryl methyl sites for hydroxylation is 1. The van der Waals surface area contributed by atoms with Crippen molar-refractivity contribution in [2.45, 2.75) is 68.7 Å². The van der Waals surface area contributed by atoms with Crippen LogP contribution in [0, 0.1) is 11.8 Å². The van der Waals surface area contributed by atoms with Gasteiger partial charge in [0, 0.05) is 25.6 Å². The second-order valence-electron chi connectivity index (χ2n) is 8.79. The Hall–Kier alpha value is -1.60. The highest BCUT2D eigenvalue weighted by atomic mass is 32.2. The largest absolute Gasteiger partial charge is 0.496 e. The average Bonchev–Trinajstić information content (AvgIpc) is 3.36. The van der Waals surface area contributed by atoms with Crippen molar-refractivity contribution < 1.29 is 17.9 Å². The van der Waals surface area contributed by atoms with Crippen LogP contribution in [0.1, 0.15) is 56.9 Å². The molecular weight excluding hydrogens is 388 g/mol. The standard InChI is InChI=1S/C22H32N2O4S/c1-28-21-9-8-19(29(26,27)24-11-3-2-4-12-24)15-18(21)7-10-22(25)23-20-14-16-5-6-17(20)13-16/h8-9,15-17,20H,2-7,10-14H2,1H3,(H,23,25)/t16-,17-,20-/m0/s1. The first-order chi connectivity index (χ1) is 14.0. The molecule has 2 bridgehead atoms. The van der Waals surface area contributed by atoms with Crippen molar-refractivity contribution in [1.29, 1.82) is 0 Å². The second-order valence-corrected chi connectivity index (χ2v) is 10.7. The second kappa shape index (κ2) is 8.64. The maximum absolute atomic E-state index is 13.0. The Kier molecular flexibility index (Phi) is 6.16. The van der Waals surface area contributed by atoms with Crippen molar-refractivity contribution in [3.63, 3.8) is 0 Å². The van der Waals surface area contributed by atoms with Gasteiger partial charge >= 0.3 is 0 Å². The molecular formula is C22H32N2O4S. The van der Waals surface area contributed by atoms with Gasteiger partial charge < -0.3 is 10.1 Å². The molecule has 0 spiro atoms. The van der Waals surface area contributed by atoms with Gasteiger partial charge in [0.1, 0.15) is 5.75 Å². The predicted octanol–water partition coefficient (Wildman–Crippen LogP) is 3.11. The fraction of sp³-hybridized carbons (Fsp3) is 0.682. The van der Waals surface area contributed by atoms with Gasteiger partial charge in [-0.25, -0.2) is 8.42 Å². The number of piperidine rings is 1. The van der Waals surface area contributed by atoms with Crippen molar-refractivity contribution in [3.8, 4) is 5.75 Å². The minimum absolute atomic E-state index is 0.0499. The van der Waals surface area contributed by atoms with Gasteiger partial charge in [0.25, 0.3) is 0 Å². The lowest BCUT2D eigenvalue weighted by Crippen LogP contribution is -2.38. The normalized spacial score (nSPS) is 27.1. The number of nitrogens with zero attached hydrogens (tertiary/aromatic N) is 1. The number of hydrogen-bond donors (Lipinski definition) is 1. The van der Waals surface area contributed by atoms with E-state index in [-0.39, 0.29) is 5.91 Å². The fourth-order valence-corrected chi connectivity index (χ4v) is 6.88. The third-order valence-corrected chi connectivity index (χ3v) is 8.81. The molecule has 0 unspecified atom stereocenters. The summed E-state index contributed by atoms with van der Waals surface area (Å²) in [5.41, 5.74) is 0.772. The molecule has 1 saturated heterocycles. The number of nitrogens with one attached hydrogen (secondary N) is 1. The number of fused-ring (bicyclic) bond motifs is 2. The van der Waals surface area contributed by atoms with Gasteiger partial charge in [-0.15, -0.1) is 0 Å². The van der Waals surface area contributed by atoms with E-state index < -0.39 is 10.0 Å². The van der Waals surface area contributed by atoms with Crippen LogP contribution in [-0.4, -0.2) is 44.9 Å². The van der Waals surface area contributed by atoms with Crippen LogP contribution < -0.4 is 10.1 Å². The lowest BCUT2D eigenvalue weighted by atomic mass is 9.95. The van der Waals surface area contributed by atoms with Crippen LogP contribution >= 0.6 is 0 Å². The minimum Gasteiger partial charge on any atom is -0.496 e.